The predicted molar refractivity (Wildman–Crippen MR) is 292 cm³/mol. The maximum absolute atomic E-state index is 14.7. The quantitative estimate of drug-likeness (QED) is 0.0781. The van der Waals surface area contributed by atoms with E-state index in [2.05, 4.69) is 40.5 Å². The zero-order chi connectivity index (χ0) is 53.8. The average Bonchev–Trinajstić information content (AvgIpc) is 3.74. The van der Waals surface area contributed by atoms with E-state index in [4.69, 9.17) is 20.4 Å². The molecule has 7 heterocycles. The number of carbonyl (C=O) groups excluding carboxylic acids is 3. The van der Waals surface area contributed by atoms with Crippen LogP contribution in [0.2, 0.25) is 0 Å². The molecule has 11 rings (SSSR count). The topological polar surface area (TPSA) is 228 Å². The van der Waals surface area contributed by atoms with Crippen molar-refractivity contribution < 1.29 is 33.7 Å². The Labute approximate surface area is 453 Å². The first-order valence-corrected chi connectivity index (χ1v) is 28.3. The summed E-state index contributed by atoms with van der Waals surface area (Å²) < 4.78 is 21.6. The van der Waals surface area contributed by atoms with Crippen LogP contribution in [0.4, 0.5) is 21.8 Å². The van der Waals surface area contributed by atoms with Crippen LogP contribution in [0.3, 0.4) is 0 Å². The maximum atomic E-state index is 14.7. The largest absolute Gasteiger partial charge is 0.507 e. The SMILES string of the molecule is Cc1ncsc1-c1ccc(CNC(=O)[C@@H]2C[C@@H](O)CN2C(=O)[C@@H](NC(=O)C2(F)CC2)C(C)(C)C)c(OC2CCC(N3CCC(c4cnc(N5C6CCC5CN(c5cc(-c7ccccc7O)nnc5N)C6)nc4)CC3)CC2)c1. The van der Waals surface area contributed by atoms with E-state index < -0.39 is 47.0 Å². The number of thiazole rings is 1. The van der Waals surface area contributed by atoms with Crippen molar-refractivity contribution in [2.75, 3.05) is 48.3 Å². The number of β-amino-alcohol motifs (C(OH)–C–C–N with tert-alkyl or cyclic N) is 1. The average molecular weight is 1070 g/mol. The Bertz CT molecular complexity index is 2960. The molecule has 408 valence electrons. The number of nitrogens with one attached hydrogen (secondary N) is 2. The van der Waals surface area contributed by atoms with E-state index in [-0.39, 0.29) is 56.3 Å². The second-order valence-electron chi connectivity index (χ2n) is 23.3. The molecule has 18 nitrogen and oxygen atoms in total. The van der Waals surface area contributed by atoms with Gasteiger partial charge in [0.25, 0.3) is 5.91 Å². The molecule has 2 bridgehead atoms. The highest BCUT2D eigenvalue weighted by atomic mass is 32.1. The van der Waals surface area contributed by atoms with Crippen molar-refractivity contribution in [2.24, 2.45) is 5.41 Å². The summed E-state index contributed by atoms with van der Waals surface area (Å²) in [6, 6.07) is 14.0. The van der Waals surface area contributed by atoms with Gasteiger partial charge in [-0.25, -0.2) is 19.3 Å². The number of para-hydroxylation sites is 1. The number of benzene rings is 2. The number of ether oxygens (including phenoxy) is 1. The first-order valence-electron chi connectivity index (χ1n) is 27.5. The summed E-state index contributed by atoms with van der Waals surface area (Å²) in [7, 11) is 0. The number of phenols is 1. The number of likely N-dealkylation sites (tertiary alicyclic amines) is 2. The number of nitrogens with zero attached hydrogens (tertiary/aromatic N) is 9. The number of hydrogen-bond acceptors (Lipinski definition) is 16. The Balaban J connectivity index is 0.682. The number of anilines is 3. The number of aromatic nitrogens is 5. The summed E-state index contributed by atoms with van der Waals surface area (Å²) in [4.78, 5) is 65.0. The summed E-state index contributed by atoms with van der Waals surface area (Å²) in [6.07, 6.45) is 11.4. The van der Waals surface area contributed by atoms with Crippen molar-refractivity contribution in [2.45, 2.75) is 159 Å². The van der Waals surface area contributed by atoms with Gasteiger partial charge >= 0.3 is 0 Å². The number of aromatic hydroxyl groups is 1. The van der Waals surface area contributed by atoms with Crippen molar-refractivity contribution >= 4 is 46.5 Å². The van der Waals surface area contributed by atoms with Gasteiger partial charge in [0, 0.05) is 74.2 Å². The normalized spacial score (nSPS) is 24.9. The number of carbonyl (C=O) groups is 3. The number of rotatable bonds is 14. The maximum Gasteiger partial charge on any atom is 0.258 e. The van der Waals surface area contributed by atoms with Gasteiger partial charge in [0.1, 0.15) is 23.6 Å². The molecule has 2 unspecified atom stereocenters. The van der Waals surface area contributed by atoms with Crippen molar-refractivity contribution in [1.82, 2.24) is 45.6 Å². The van der Waals surface area contributed by atoms with E-state index in [0.29, 0.717) is 34.8 Å². The summed E-state index contributed by atoms with van der Waals surface area (Å²) in [6.45, 7) is 10.9. The van der Waals surface area contributed by atoms with Crippen LogP contribution in [-0.4, -0.2) is 144 Å². The molecule has 5 atom stereocenters. The molecule has 4 aliphatic heterocycles. The second-order valence-corrected chi connectivity index (χ2v) is 24.2. The van der Waals surface area contributed by atoms with E-state index in [1.807, 2.05) is 61.2 Å². The van der Waals surface area contributed by atoms with Gasteiger partial charge in [-0.2, -0.15) is 0 Å². The molecule has 4 saturated heterocycles. The smallest absolute Gasteiger partial charge is 0.258 e. The fourth-order valence-electron chi connectivity index (χ4n) is 12.4. The lowest BCUT2D eigenvalue weighted by Gasteiger charge is -2.42. The van der Waals surface area contributed by atoms with Crippen LogP contribution < -0.4 is 30.9 Å². The zero-order valence-electron chi connectivity index (χ0n) is 44.4. The zero-order valence-corrected chi connectivity index (χ0v) is 45.2. The molecule has 20 heteroatoms. The highest BCUT2D eigenvalue weighted by Crippen LogP contribution is 2.42. The van der Waals surface area contributed by atoms with E-state index in [9.17, 15) is 29.0 Å². The number of phenolic OH excluding ortho intramolecular Hbond substituents is 1. The Kier molecular flexibility index (Phi) is 14.6. The van der Waals surface area contributed by atoms with Gasteiger partial charge in [0.05, 0.1) is 39.7 Å². The number of nitrogens with two attached hydrogens (primary N) is 1. The van der Waals surface area contributed by atoms with Crippen LogP contribution in [-0.2, 0) is 20.9 Å². The van der Waals surface area contributed by atoms with Crippen LogP contribution in [0.5, 0.6) is 11.5 Å². The van der Waals surface area contributed by atoms with Crippen LogP contribution in [0.1, 0.15) is 114 Å². The number of nitrogen functional groups attached to an aromatic ring is 1. The molecular weight excluding hydrogens is 1000 g/mol. The van der Waals surface area contributed by atoms with Gasteiger partial charge in [-0.05, 0) is 131 Å². The number of amides is 3. The molecule has 6 N–H and O–H groups in total. The highest BCUT2D eigenvalue weighted by molar-refractivity contribution is 7.13. The molecule has 6 aliphatic rings. The van der Waals surface area contributed by atoms with Crippen molar-refractivity contribution in [3.05, 3.63) is 83.3 Å². The lowest BCUT2D eigenvalue weighted by Crippen LogP contribution is -2.59. The number of hydrogen-bond donors (Lipinski definition) is 5. The third-order valence-corrected chi connectivity index (χ3v) is 18.0. The molecule has 3 amide bonds. The molecule has 5 aromatic rings. The van der Waals surface area contributed by atoms with Crippen molar-refractivity contribution in [3.8, 4) is 33.2 Å². The van der Waals surface area contributed by atoms with E-state index >= 15 is 0 Å². The molecule has 3 aromatic heterocycles. The van der Waals surface area contributed by atoms with Crippen LogP contribution in [0, 0.1) is 12.3 Å². The number of aryl methyl sites for hydroxylation is 1. The third-order valence-electron chi connectivity index (χ3n) is 17.0. The summed E-state index contributed by atoms with van der Waals surface area (Å²) in [5, 5.41) is 35.5. The molecular formula is C57H71FN12O6S. The first kappa shape index (κ1) is 52.5. The lowest BCUT2D eigenvalue weighted by molar-refractivity contribution is -0.145. The molecule has 77 heavy (non-hydrogen) atoms. The number of fused-ring (bicyclic) bond motifs is 2. The fraction of sp³-hybridized carbons (Fsp3) is 0.544. The summed E-state index contributed by atoms with van der Waals surface area (Å²) in [5.41, 5.74) is 11.4. The monoisotopic (exact) mass is 1070 g/mol. The first-order chi connectivity index (χ1) is 37.0. The van der Waals surface area contributed by atoms with E-state index in [1.165, 1.54) is 10.5 Å². The molecule has 0 radical (unpaired) electrons. The Morgan fingerprint density at radius 1 is 0.909 bits per heavy atom. The lowest BCUT2D eigenvalue weighted by atomic mass is 9.85. The molecule has 2 aromatic carbocycles. The third kappa shape index (κ3) is 11.0. The molecule has 2 aliphatic carbocycles. The minimum Gasteiger partial charge on any atom is -0.507 e. The standard InChI is InChI=1S/C57H71FN12O6S/c1-33-49(77-32-63-33)35-9-10-36(26-60-52(73)46-24-41(71)31-69(46)53(74)50(56(2,3)4)64-54(75)57(58)19-20-57)48(23-35)76-42-15-13-38(14-16-42)67-21-17-34(18-22-67)37-27-61-55(62-28-37)70-39-11-12-40(70)30-68(29-39)45-25-44(65-66-51(45)59)43-7-5-6-8-47(43)72/h5-10,23,25,27-28,32,34,38-42,46,50,71-72H,11-22,24,26,29-31H2,1-4H3,(H2,59,66)(H,60,73)(H,64,75)/t38?,39?,40?,41-,42?,46+,50-/m1/s1. The van der Waals surface area contributed by atoms with Gasteiger partial charge in [-0.15, -0.1) is 21.5 Å². The van der Waals surface area contributed by atoms with Crippen LogP contribution in [0.15, 0.2) is 66.4 Å². The highest BCUT2D eigenvalue weighted by Gasteiger charge is 2.53. The number of aliphatic hydroxyl groups is 1. The van der Waals surface area contributed by atoms with E-state index in [0.717, 1.165) is 111 Å². The van der Waals surface area contributed by atoms with Gasteiger partial charge in [0.2, 0.25) is 17.8 Å². The minimum absolute atomic E-state index is 0.0136. The van der Waals surface area contributed by atoms with Gasteiger partial charge in [0.15, 0.2) is 11.5 Å². The predicted octanol–water partition coefficient (Wildman–Crippen LogP) is 6.69. The molecule has 6 fully saturated rings. The minimum atomic E-state index is -1.97. The fourth-order valence-corrected chi connectivity index (χ4v) is 13.2. The summed E-state index contributed by atoms with van der Waals surface area (Å²) >= 11 is 1.56. The number of halogens is 1. The van der Waals surface area contributed by atoms with Crippen LogP contribution >= 0.6 is 11.3 Å². The Morgan fingerprint density at radius 2 is 1.61 bits per heavy atom. The van der Waals surface area contributed by atoms with E-state index in [1.54, 1.807) is 44.2 Å². The molecule has 2 saturated carbocycles. The van der Waals surface area contributed by atoms with Gasteiger partial charge < -0.3 is 50.9 Å². The Hall–Kier alpha value is -6.51. The van der Waals surface area contributed by atoms with Gasteiger partial charge in [-0.1, -0.05) is 45.0 Å². The van der Waals surface area contributed by atoms with Crippen LogP contribution in [0.25, 0.3) is 21.7 Å². The van der Waals surface area contributed by atoms with Crippen molar-refractivity contribution in [3.63, 3.8) is 0 Å². The van der Waals surface area contributed by atoms with Gasteiger partial charge in [-0.3, -0.25) is 14.4 Å². The number of piperazine rings is 1. The summed E-state index contributed by atoms with van der Waals surface area (Å²) in [5.74, 6) is 0.628. The number of aliphatic hydroxyl groups excluding tert-OH is 1. The molecule has 0 spiro atoms. The number of alkyl halides is 1. The number of piperidine rings is 1. The Morgan fingerprint density at radius 3 is 2.27 bits per heavy atom. The second kappa shape index (κ2) is 21.4. The van der Waals surface area contributed by atoms with Crippen molar-refractivity contribution in [1.29, 1.82) is 0 Å².